The second kappa shape index (κ2) is 7.21. The molecule has 1 aromatic carbocycles. The first-order valence-electron chi connectivity index (χ1n) is 9.15. The summed E-state index contributed by atoms with van der Waals surface area (Å²) in [7, 11) is 0. The molecular weight excluding hydrogens is 312 g/mol. The Kier molecular flexibility index (Phi) is 4.63. The van der Waals surface area contributed by atoms with E-state index in [1.165, 1.54) is 11.1 Å². The van der Waals surface area contributed by atoms with Crippen LogP contribution in [-0.2, 0) is 17.8 Å². The fourth-order valence-electron chi connectivity index (χ4n) is 3.92. The molecule has 2 aliphatic heterocycles. The van der Waals surface area contributed by atoms with Crippen LogP contribution in [0.2, 0.25) is 0 Å². The number of carbonyl (C=O) groups excluding carboxylic acids is 1. The summed E-state index contributed by atoms with van der Waals surface area (Å²) in [6, 6.07) is 10.4. The Morgan fingerprint density at radius 2 is 1.88 bits per heavy atom. The van der Waals surface area contributed by atoms with Gasteiger partial charge in [-0.3, -0.25) is 4.79 Å². The van der Waals surface area contributed by atoms with Gasteiger partial charge in [-0.05, 0) is 42.4 Å². The van der Waals surface area contributed by atoms with E-state index < -0.39 is 0 Å². The molecule has 0 aliphatic carbocycles. The summed E-state index contributed by atoms with van der Waals surface area (Å²) >= 11 is 0. The zero-order valence-corrected chi connectivity index (χ0v) is 14.5. The van der Waals surface area contributed by atoms with Crippen LogP contribution >= 0.6 is 0 Å². The molecular formula is C20H24N4O. The minimum absolute atomic E-state index is 0.315. The molecule has 0 unspecified atom stereocenters. The number of benzene rings is 1. The van der Waals surface area contributed by atoms with Crippen molar-refractivity contribution in [2.45, 2.75) is 32.2 Å². The molecule has 0 saturated carbocycles. The number of rotatable bonds is 3. The average molecular weight is 336 g/mol. The van der Waals surface area contributed by atoms with Crippen molar-refractivity contribution in [1.82, 2.24) is 14.9 Å². The molecule has 130 valence electrons. The predicted octanol–water partition coefficient (Wildman–Crippen LogP) is 2.67. The molecule has 0 bridgehead atoms. The van der Waals surface area contributed by atoms with Crippen LogP contribution in [0.3, 0.4) is 0 Å². The van der Waals surface area contributed by atoms with Crippen LogP contribution < -0.4 is 4.90 Å². The number of nitrogens with zero attached hydrogens (tertiary/aromatic N) is 4. The largest absolute Gasteiger partial charge is 0.357 e. The molecule has 4 rings (SSSR count). The van der Waals surface area contributed by atoms with Crippen LogP contribution in [0.25, 0.3) is 0 Å². The topological polar surface area (TPSA) is 49.3 Å². The fraction of sp³-hybridized carbons (Fsp3) is 0.450. The number of carbonyl (C=O) groups is 1. The van der Waals surface area contributed by atoms with E-state index in [1.54, 1.807) is 12.5 Å². The smallest absolute Gasteiger partial charge is 0.223 e. The highest BCUT2D eigenvalue weighted by molar-refractivity contribution is 5.76. The summed E-state index contributed by atoms with van der Waals surface area (Å²) in [5.74, 6) is 1.80. The van der Waals surface area contributed by atoms with Crippen molar-refractivity contribution in [3.8, 4) is 0 Å². The molecule has 2 aliphatic rings. The Morgan fingerprint density at radius 1 is 1.08 bits per heavy atom. The Hall–Kier alpha value is -2.43. The molecule has 1 saturated heterocycles. The van der Waals surface area contributed by atoms with Gasteiger partial charge < -0.3 is 9.80 Å². The van der Waals surface area contributed by atoms with Gasteiger partial charge in [0, 0.05) is 38.8 Å². The molecule has 5 heteroatoms. The van der Waals surface area contributed by atoms with Crippen LogP contribution in [0, 0.1) is 5.92 Å². The maximum absolute atomic E-state index is 12.7. The summed E-state index contributed by atoms with van der Waals surface area (Å²) in [5.41, 5.74) is 2.70. The van der Waals surface area contributed by atoms with Crippen molar-refractivity contribution in [2.24, 2.45) is 5.92 Å². The van der Waals surface area contributed by atoms with Gasteiger partial charge in [-0.1, -0.05) is 24.3 Å². The first-order valence-corrected chi connectivity index (χ1v) is 9.15. The van der Waals surface area contributed by atoms with Gasteiger partial charge in [0.15, 0.2) is 0 Å². The maximum atomic E-state index is 12.7. The lowest BCUT2D eigenvalue weighted by Crippen LogP contribution is -2.39. The molecule has 1 aromatic heterocycles. The van der Waals surface area contributed by atoms with E-state index in [1.807, 2.05) is 11.0 Å². The van der Waals surface area contributed by atoms with Crippen molar-refractivity contribution < 1.29 is 4.79 Å². The normalized spacial score (nSPS) is 18.1. The van der Waals surface area contributed by atoms with E-state index in [-0.39, 0.29) is 0 Å². The summed E-state index contributed by atoms with van der Waals surface area (Å²) in [6.07, 6.45) is 7.15. The van der Waals surface area contributed by atoms with Crippen LogP contribution in [0.5, 0.6) is 0 Å². The minimum atomic E-state index is 0.315. The molecule has 1 fully saturated rings. The zero-order valence-electron chi connectivity index (χ0n) is 14.5. The van der Waals surface area contributed by atoms with E-state index in [2.05, 4.69) is 39.1 Å². The van der Waals surface area contributed by atoms with Gasteiger partial charge in [0.1, 0.15) is 12.1 Å². The van der Waals surface area contributed by atoms with Gasteiger partial charge in [-0.2, -0.15) is 0 Å². The number of anilines is 1. The SMILES string of the molecule is O=C(CC1CCN(c2ccncn2)CC1)N1CCc2ccccc2C1. The third-order valence-corrected chi connectivity index (χ3v) is 5.45. The van der Waals surface area contributed by atoms with Crippen LogP contribution in [0.1, 0.15) is 30.4 Å². The van der Waals surface area contributed by atoms with E-state index in [4.69, 9.17) is 0 Å². The molecule has 0 spiro atoms. The van der Waals surface area contributed by atoms with E-state index in [0.717, 1.165) is 51.3 Å². The molecule has 3 heterocycles. The quantitative estimate of drug-likeness (QED) is 0.865. The maximum Gasteiger partial charge on any atom is 0.223 e. The number of aromatic nitrogens is 2. The van der Waals surface area contributed by atoms with Gasteiger partial charge in [0.25, 0.3) is 0 Å². The van der Waals surface area contributed by atoms with Gasteiger partial charge in [-0.15, -0.1) is 0 Å². The molecule has 2 aromatic rings. The third-order valence-electron chi connectivity index (χ3n) is 5.45. The first-order chi connectivity index (χ1) is 12.3. The second-order valence-corrected chi connectivity index (χ2v) is 7.04. The van der Waals surface area contributed by atoms with Gasteiger partial charge in [0.2, 0.25) is 5.91 Å². The number of amides is 1. The van der Waals surface area contributed by atoms with Gasteiger partial charge in [0.05, 0.1) is 0 Å². The molecule has 0 radical (unpaired) electrons. The van der Waals surface area contributed by atoms with Crippen molar-refractivity contribution in [1.29, 1.82) is 0 Å². The highest BCUT2D eigenvalue weighted by atomic mass is 16.2. The van der Waals surface area contributed by atoms with E-state index in [0.29, 0.717) is 18.2 Å². The molecule has 1 amide bonds. The summed E-state index contributed by atoms with van der Waals surface area (Å²) in [4.78, 5) is 25.3. The van der Waals surface area contributed by atoms with Crippen LogP contribution in [-0.4, -0.2) is 40.4 Å². The number of fused-ring (bicyclic) bond motifs is 1. The van der Waals surface area contributed by atoms with E-state index >= 15 is 0 Å². The number of piperidine rings is 1. The van der Waals surface area contributed by atoms with Gasteiger partial charge >= 0.3 is 0 Å². The third kappa shape index (κ3) is 3.65. The fourth-order valence-corrected chi connectivity index (χ4v) is 3.92. The van der Waals surface area contributed by atoms with Crippen molar-refractivity contribution >= 4 is 11.7 Å². The van der Waals surface area contributed by atoms with Crippen molar-refractivity contribution in [3.05, 3.63) is 54.0 Å². The summed E-state index contributed by atoms with van der Waals surface area (Å²) in [5, 5.41) is 0. The molecule has 0 N–H and O–H groups in total. The Labute approximate surface area is 148 Å². The Balaban J connectivity index is 1.30. The average Bonchev–Trinajstić information content (AvgIpc) is 2.69. The monoisotopic (exact) mass is 336 g/mol. The molecule has 0 atom stereocenters. The molecule has 25 heavy (non-hydrogen) atoms. The predicted molar refractivity (Wildman–Crippen MR) is 97.1 cm³/mol. The van der Waals surface area contributed by atoms with Crippen LogP contribution in [0.15, 0.2) is 42.9 Å². The first kappa shape index (κ1) is 16.1. The Bertz CT molecular complexity index is 725. The summed E-state index contributed by atoms with van der Waals surface area (Å²) < 4.78 is 0. The van der Waals surface area contributed by atoms with Crippen molar-refractivity contribution in [2.75, 3.05) is 24.5 Å². The molecule has 5 nitrogen and oxygen atoms in total. The minimum Gasteiger partial charge on any atom is -0.357 e. The highest BCUT2D eigenvalue weighted by Gasteiger charge is 2.26. The van der Waals surface area contributed by atoms with Crippen LogP contribution in [0.4, 0.5) is 5.82 Å². The van der Waals surface area contributed by atoms with Gasteiger partial charge in [-0.25, -0.2) is 9.97 Å². The lowest BCUT2D eigenvalue weighted by Gasteiger charge is -2.34. The van der Waals surface area contributed by atoms with Crippen molar-refractivity contribution in [3.63, 3.8) is 0 Å². The Morgan fingerprint density at radius 3 is 2.64 bits per heavy atom. The summed E-state index contributed by atoms with van der Waals surface area (Å²) in [6.45, 7) is 3.57. The standard InChI is InChI=1S/C20H24N4O/c25-20(24-12-8-17-3-1-2-4-18(17)14-24)13-16-6-10-23(11-7-16)19-5-9-21-15-22-19/h1-5,9,15-16H,6-8,10-14H2. The second-order valence-electron chi connectivity index (χ2n) is 7.04. The zero-order chi connectivity index (χ0) is 17.1. The lowest BCUT2D eigenvalue weighted by molar-refractivity contribution is -0.133. The van der Waals surface area contributed by atoms with E-state index in [9.17, 15) is 4.79 Å². The number of hydrogen-bond donors (Lipinski definition) is 0. The number of hydrogen-bond acceptors (Lipinski definition) is 4. The lowest BCUT2D eigenvalue weighted by atomic mass is 9.92. The highest BCUT2D eigenvalue weighted by Crippen LogP contribution is 2.26.